The van der Waals surface area contributed by atoms with Crippen molar-refractivity contribution in [3.63, 3.8) is 0 Å². The van der Waals surface area contributed by atoms with Crippen molar-refractivity contribution in [2.45, 2.75) is 13.3 Å². The molecule has 1 nitrogen and oxygen atoms in total. The van der Waals surface area contributed by atoms with Gasteiger partial charge in [0.25, 0.3) is 0 Å². The van der Waals surface area contributed by atoms with Crippen molar-refractivity contribution in [2.75, 3.05) is 5.33 Å². The second kappa shape index (κ2) is 4.94. The Morgan fingerprint density at radius 2 is 2.23 bits per heavy atom. The topological polar surface area (TPSA) is 20.2 Å². The van der Waals surface area contributed by atoms with Crippen molar-refractivity contribution in [2.24, 2.45) is 0 Å². The second-order valence-corrected chi connectivity index (χ2v) is 3.48. The molecule has 0 aliphatic rings. The van der Waals surface area contributed by atoms with Gasteiger partial charge in [0.1, 0.15) is 5.75 Å². The van der Waals surface area contributed by atoms with Gasteiger partial charge >= 0.3 is 0 Å². The first-order valence-electron chi connectivity index (χ1n) is 4.09. The van der Waals surface area contributed by atoms with E-state index < -0.39 is 0 Å². The zero-order valence-corrected chi connectivity index (χ0v) is 9.06. The maximum atomic E-state index is 9.38. The molecule has 13 heavy (non-hydrogen) atoms. The van der Waals surface area contributed by atoms with E-state index in [1.807, 2.05) is 13.0 Å². The van der Waals surface area contributed by atoms with E-state index in [0.29, 0.717) is 5.75 Å². The number of benzene rings is 1. The van der Waals surface area contributed by atoms with E-state index in [1.165, 1.54) is 0 Å². The van der Waals surface area contributed by atoms with Crippen LogP contribution in [0.1, 0.15) is 17.5 Å². The van der Waals surface area contributed by atoms with Crippen LogP contribution in [0, 0.1) is 18.8 Å². The van der Waals surface area contributed by atoms with E-state index in [-0.39, 0.29) is 0 Å². The van der Waals surface area contributed by atoms with Gasteiger partial charge in [-0.2, -0.15) is 0 Å². The van der Waals surface area contributed by atoms with Crippen LogP contribution in [-0.2, 0) is 0 Å². The molecular formula is C11H11BrO. The fourth-order valence-corrected chi connectivity index (χ4v) is 1.16. The Hall–Kier alpha value is -0.940. The van der Waals surface area contributed by atoms with Gasteiger partial charge in [-0.3, -0.25) is 0 Å². The smallest absolute Gasteiger partial charge is 0.119 e. The summed E-state index contributed by atoms with van der Waals surface area (Å²) in [5, 5.41) is 10.3. The van der Waals surface area contributed by atoms with Gasteiger partial charge in [-0.25, -0.2) is 0 Å². The Morgan fingerprint density at radius 3 is 2.92 bits per heavy atom. The Labute approximate surface area is 86.9 Å². The maximum absolute atomic E-state index is 9.38. The van der Waals surface area contributed by atoms with Crippen molar-refractivity contribution in [1.29, 1.82) is 0 Å². The first kappa shape index (κ1) is 10.1. The minimum atomic E-state index is 0.311. The lowest BCUT2D eigenvalue weighted by Gasteiger charge is -1.99. The molecule has 1 N–H and O–H groups in total. The number of hydrogen-bond donors (Lipinski definition) is 1. The molecule has 0 fully saturated rings. The molecule has 1 aromatic rings. The average Bonchev–Trinajstić information content (AvgIpc) is 2.13. The van der Waals surface area contributed by atoms with E-state index in [2.05, 4.69) is 27.8 Å². The van der Waals surface area contributed by atoms with Crippen LogP contribution in [0.15, 0.2) is 18.2 Å². The van der Waals surface area contributed by atoms with E-state index in [1.54, 1.807) is 12.1 Å². The molecule has 0 bridgehead atoms. The predicted molar refractivity (Wildman–Crippen MR) is 58.1 cm³/mol. The number of phenols is 1. The fraction of sp³-hybridized carbons (Fsp3) is 0.273. The summed E-state index contributed by atoms with van der Waals surface area (Å²) >= 11 is 3.30. The van der Waals surface area contributed by atoms with E-state index >= 15 is 0 Å². The summed E-state index contributed by atoms with van der Waals surface area (Å²) in [6.07, 6.45) is 0.828. The van der Waals surface area contributed by atoms with Gasteiger partial charge < -0.3 is 5.11 Å². The third kappa shape index (κ3) is 2.78. The zero-order chi connectivity index (χ0) is 9.68. The van der Waals surface area contributed by atoms with Crippen molar-refractivity contribution >= 4 is 15.9 Å². The standard InChI is InChI=1S/C11H11BrO/c1-9-10(5-2-3-8-12)6-4-7-11(9)13/h4,6-7,13H,3,8H2,1H3. The van der Waals surface area contributed by atoms with Crippen molar-refractivity contribution < 1.29 is 5.11 Å². The summed E-state index contributed by atoms with van der Waals surface area (Å²) < 4.78 is 0. The van der Waals surface area contributed by atoms with Crippen LogP contribution < -0.4 is 0 Å². The summed E-state index contributed by atoms with van der Waals surface area (Å²) in [6, 6.07) is 5.39. The highest BCUT2D eigenvalue weighted by Crippen LogP contribution is 2.18. The molecule has 0 atom stereocenters. The molecule has 0 radical (unpaired) electrons. The number of hydrogen-bond acceptors (Lipinski definition) is 1. The van der Waals surface area contributed by atoms with Gasteiger partial charge in [0.05, 0.1) is 0 Å². The average molecular weight is 239 g/mol. The molecule has 1 rings (SSSR count). The lowest BCUT2D eigenvalue weighted by atomic mass is 10.1. The van der Waals surface area contributed by atoms with Crippen LogP contribution >= 0.6 is 15.9 Å². The van der Waals surface area contributed by atoms with Crippen LogP contribution in [0.5, 0.6) is 5.75 Å². The predicted octanol–water partition coefficient (Wildman–Crippen LogP) is 2.84. The summed E-state index contributed by atoms with van der Waals surface area (Å²) in [5.41, 5.74) is 1.76. The third-order valence-electron chi connectivity index (χ3n) is 1.75. The number of phenolic OH excluding ortho intramolecular Hbond substituents is 1. The van der Waals surface area contributed by atoms with Crippen LogP contribution in [0.3, 0.4) is 0 Å². The van der Waals surface area contributed by atoms with Crippen molar-refractivity contribution in [3.8, 4) is 17.6 Å². The van der Waals surface area contributed by atoms with Crippen molar-refractivity contribution in [3.05, 3.63) is 29.3 Å². The van der Waals surface area contributed by atoms with E-state index in [4.69, 9.17) is 0 Å². The summed E-state index contributed by atoms with van der Waals surface area (Å²) in [7, 11) is 0. The molecule has 0 unspecified atom stereocenters. The monoisotopic (exact) mass is 238 g/mol. The molecule has 0 heterocycles. The molecule has 0 aliphatic heterocycles. The van der Waals surface area contributed by atoms with Crippen LogP contribution in [-0.4, -0.2) is 10.4 Å². The zero-order valence-electron chi connectivity index (χ0n) is 7.47. The highest BCUT2D eigenvalue weighted by Gasteiger charge is 1.97. The summed E-state index contributed by atoms with van der Waals surface area (Å²) in [5.74, 6) is 6.34. The normalized spacial score (nSPS) is 9.08. The molecule has 0 saturated heterocycles. The second-order valence-electron chi connectivity index (χ2n) is 2.69. The molecule has 0 aliphatic carbocycles. The molecule has 2 heteroatoms. The van der Waals surface area contributed by atoms with Crippen LogP contribution in [0.4, 0.5) is 0 Å². The molecule has 0 saturated carbocycles. The lowest BCUT2D eigenvalue weighted by molar-refractivity contribution is 0.471. The Morgan fingerprint density at radius 1 is 1.46 bits per heavy atom. The molecule has 0 aromatic heterocycles. The molecule has 0 spiro atoms. The lowest BCUT2D eigenvalue weighted by Crippen LogP contribution is -1.82. The largest absolute Gasteiger partial charge is 0.508 e. The molecule has 0 amide bonds. The fourth-order valence-electron chi connectivity index (χ4n) is 0.964. The number of aromatic hydroxyl groups is 1. The number of alkyl halides is 1. The maximum Gasteiger partial charge on any atom is 0.119 e. The summed E-state index contributed by atoms with van der Waals surface area (Å²) in [6.45, 7) is 1.87. The summed E-state index contributed by atoms with van der Waals surface area (Å²) in [4.78, 5) is 0. The van der Waals surface area contributed by atoms with Crippen molar-refractivity contribution in [1.82, 2.24) is 0 Å². The van der Waals surface area contributed by atoms with Gasteiger partial charge in [-0.15, -0.1) is 0 Å². The SMILES string of the molecule is Cc1c(O)cccc1C#CCCBr. The van der Waals surface area contributed by atoms with Gasteiger partial charge in [-0.05, 0) is 19.1 Å². The van der Waals surface area contributed by atoms with E-state index in [0.717, 1.165) is 22.9 Å². The van der Waals surface area contributed by atoms with Crippen LogP contribution in [0.25, 0.3) is 0 Å². The Bertz CT molecular complexity index is 347. The Kier molecular flexibility index (Phi) is 3.85. The Balaban J connectivity index is 2.91. The highest BCUT2D eigenvalue weighted by atomic mass is 79.9. The molecule has 1 aromatic carbocycles. The van der Waals surface area contributed by atoms with Gasteiger partial charge in [-0.1, -0.05) is 33.8 Å². The first-order valence-corrected chi connectivity index (χ1v) is 5.21. The molecular weight excluding hydrogens is 228 g/mol. The van der Waals surface area contributed by atoms with Gasteiger partial charge in [0.2, 0.25) is 0 Å². The minimum absolute atomic E-state index is 0.311. The van der Waals surface area contributed by atoms with Gasteiger partial charge in [0.15, 0.2) is 0 Å². The van der Waals surface area contributed by atoms with Gasteiger partial charge in [0, 0.05) is 22.9 Å². The number of halogens is 1. The van der Waals surface area contributed by atoms with Crippen LogP contribution in [0.2, 0.25) is 0 Å². The first-order chi connectivity index (χ1) is 6.25. The highest BCUT2D eigenvalue weighted by molar-refractivity contribution is 9.09. The third-order valence-corrected chi connectivity index (χ3v) is 2.14. The number of rotatable bonds is 1. The minimum Gasteiger partial charge on any atom is -0.508 e. The van der Waals surface area contributed by atoms with E-state index in [9.17, 15) is 5.11 Å². The quantitative estimate of drug-likeness (QED) is 0.590. The molecule has 68 valence electrons.